The predicted octanol–water partition coefficient (Wildman–Crippen LogP) is 5.47. The Kier molecular flexibility index (Phi) is 5.32. The summed E-state index contributed by atoms with van der Waals surface area (Å²) in [5.41, 5.74) is 5.76. The lowest BCUT2D eigenvalue weighted by molar-refractivity contribution is 0.600. The molecule has 0 aliphatic rings. The molecule has 3 aromatic heterocycles. The number of aryl methyl sites for hydroxylation is 1. The summed E-state index contributed by atoms with van der Waals surface area (Å²) in [4.78, 5) is 13.1. The third kappa shape index (κ3) is 4.18. The van der Waals surface area contributed by atoms with E-state index in [0.717, 1.165) is 33.2 Å². The van der Waals surface area contributed by atoms with Crippen LogP contribution in [0.2, 0.25) is 0 Å². The van der Waals surface area contributed by atoms with Gasteiger partial charge in [0.2, 0.25) is 0 Å². The summed E-state index contributed by atoms with van der Waals surface area (Å²) in [5.74, 6) is 0. The fraction of sp³-hybridized carbons (Fsp3) is 0.0385. The smallest absolute Gasteiger partial charge is 0.262 e. The predicted molar refractivity (Wildman–Crippen MR) is 130 cm³/mol. The molecule has 5 rings (SSSR count). The van der Waals surface area contributed by atoms with E-state index in [1.54, 1.807) is 56.0 Å². The fourth-order valence-electron chi connectivity index (χ4n) is 3.83. The SMILES string of the molecule is Cc1ccccc1S(=O)(=O)Nc1cncc(-c2ccc3nccc(-c4ccncc4)c3c2)c1. The second-order valence-electron chi connectivity index (χ2n) is 7.66. The molecule has 0 unspecified atom stereocenters. The third-order valence-electron chi connectivity index (χ3n) is 5.44. The molecular formula is C26H20N4O2S. The summed E-state index contributed by atoms with van der Waals surface area (Å²) < 4.78 is 28.4. The molecule has 0 saturated heterocycles. The van der Waals surface area contributed by atoms with E-state index in [1.807, 2.05) is 36.4 Å². The second kappa shape index (κ2) is 8.44. The van der Waals surface area contributed by atoms with Gasteiger partial charge in [-0.3, -0.25) is 19.7 Å². The molecular weight excluding hydrogens is 432 g/mol. The van der Waals surface area contributed by atoms with Crippen molar-refractivity contribution >= 4 is 26.6 Å². The molecule has 0 aliphatic carbocycles. The van der Waals surface area contributed by atoms with Crippen molar-refractivity contribution < 1.29 is 8.42 Å². The number of aromatic nitrogens is 3. The van der Waals surface area contributed by atoms with Crippen LogP contribution in [-0.2, 0) is 10.0 Å². The zero-order valence-corrected chi connectivity index (χ0v) is 18.6. The molecule has 0 amide bonds. The number of hydrogen-bond acceptors (Lipinski definition) is 5. The van der Waals surface area contributed by atoms with Gasteiger partial charge in [-0.1, -0.05) is 24.3 Å². The highest BCUT2D eigenvalue weighted by atomic mass is 32.2. The maximum absolute atomic E-state index is 12.9. The van der Waals surface area contributed by atoms with Crippen LogP contribution in [0.15, 0.2) is 103 Å². The Morgan fingerprint density at radius 3 is 2.39 bits per heavy atom. The zero-order valence-electron chi connectivity index (χ0n) is 17.8. The summed E-state index contributed by atoms with van der Waals surface area (Å²) in [6.45, 7) is 1.77. The molecule has 0 saturated carbocycles. The van der Waals surface area contributed by atoms with E-state index in [1.165, 1.54) is 6.20 Å². The van der Waals surface area contributed by atoms with Crippen LogP contribution in [0.1, 0.15) is 5.56 Å². The van der Waals surface area contributed by atoms with Gasteiger partial charge in [-0.15, -0.1) is 0 Å². The van der Waals surface area contributed by atoms with Crippen molar-refractivity contribution in [2.45, 2.75) is 11.8 Å². The Hall–Kier alpha value is -4.10. The maximum Gasteiger partial charge on any atom is 0.262 e. The topological polar surface area (TPSA) is 84.8 Å². The molecule has 6 nitrogen and oxygen atoms in total. The van der Waals surface area contributed by atoms with Gasteiger partial charge in [0.15, 0.2) is 0 Å². The minimum atomic E-state index is -3.73. The number of anilines is 1. The van der Waals surface area contributed by atoms with Crippen molar-refractivity contribution in [2.24, 2.45) is 0 Å². The number of fused-ring (bicyclic) bond motifs is 1. The van der Waals surface area contributed by atoms with Gasteiger partial charge in [-0.05, 0) is 71.6 Å². The van der Waals surface area contributed by atoms with Crippen LogP contribution in [-0.4, -0.2) is 23.4 Å². The molecule has 0 fully saturated rings. The van der Waals surface area contributed by atoms with Crippen LogP contribution in [0.4, 0.5) is 5.69 Å². The fourth-order valence-corrected chi connectivity index (χ4v) is 5.11. The van der Waals surface area contributed by atoms with Crippen molar-refractivity contribution in [1.29, 1.82) is 0 Å². The Morgan fingerprint density at radius 2 is 1.58 bits per heavy atom. The lowest BCUT2D eigenvalue weighted by Crippen LogP contribution is -2.14. The minimum Gasteiger partial charge on any atom is -0.278 e. The van der Waals surface area contributed by atoms with Crippen LogP contribution in [0.3, 0.4) is 0 Å². The number of benzene rings is 2. The molecule has 7 heteroatoms. The van der Waals surface area contributed by atoms with Gasteiger partial charge in [0.05, 0.1) is 22.3 Å². The molecule has 33 heavy (non-hydrogen) atoms. The van der Waals surface area contributed by atoms with Crippen LogP contribution < -0.4 is 4.72 Å². The van der Waals surface area contributed by atoms with Gasteiger partial charge in [-0.2, -0.15) is 0 Å². The van der Waals surface area contributed by atoms with E-state index in [4.69, 9.17) is 0 Å². The standard InChI is InChI=1S/C26H20N4O2S/c1-18-4-2-3-5-26(18)33(31,32)30-22-14-21(16-28-17-22)20-6-7-25-24(15-20)23(10-13-29-25)19-8-11-27-12-9-19/h2-17,30H,1H3. The van der Waals surface area contributed by atoms with Gasteiger partial charge in [0, 0.05) is 35.7 Å². The average Bonchev–Trinajstić information content (AvgIpc) is 2.84. The highest BCUT2D eigenvalue weighted by molar-refractivity contribution is 7.92. The Balaban J connectivity index is 1.54. The normalized spacial score (nSPS) is 11.4. The summed E-state index contributed by atoms with van der Waals surface area (Å²) >= 11 is 0. The van der Waals surface area contributed by atoms with Crippen LogP contribution in [0.25, 0.3) is 33.2 Å². The maximum atomic E-state index is 12.9. The number of nitrogens with one attached hydrogen (secondary N) is 1. The van der Waals surface area contributed by atoms with Crippen LogP contribution >= 0.6 is 0 Å². The lowest BCUT2D eigenvalue weighted by atomic mass is 9.98. The minimum absolute atomic E-state index is 0.245. The first-order valence-electron chi connectivity index (χ1n) is 10.3. The van der Waals surface area contributed by atoms with Crippen molar-refractivity contribution in [3.05, 3.63) is 103 Å². The average molecular weight is 453 g/mol. The summed E-state index contributed by atoms with van der Waals surface area (Å²) in [6, 6.07) is 20.5. The molecule has 5 aromatic rings. The monoisotopic (exact) mass is 452 g/mol. The van der Waals surface area contributed by atoms with Crippen LogP contribution in [0.5, 0.6) is 0 Å². The zero-order chi connectivity index (χ0) is 22.8. The molecule has 0 radical (unpaired) electrons. The largest absolute Gasteiger partial charge is 0.278 e. The van der Waals surface area contributed by atoms with E-state index < -0.39 is 10.0 Å². The van der Waals surface area contributed by atoms with E-state index in [0.29, 0.717) is 11.3 Å². The summed E-state index contributed by atoms with van der Waals surface area (Å²) in [6.07, 6.45) is 8.54. The molecule has 0 atom stereocenters. The van der Waals surface area contributed by atoms with E-state index >= 15 is 0 Å². The Morgan fingerprint density at radius 1 is 0.758 bits per heavy atom. The molecule has 162 valence electrons. The number of rotatable bonds is 5. The molecule has 0 bridgehead atoms. The van der Waals surface area contributed by atoms with Crippen LogP contribution in [0, 0.1) is 6.92 Å². The van der Waals surface area contributed by atoms with E-state index in [-0.39, 0.29) is 4.90 Å². The van der Waals surface area contributed by atoms with Gasteiger partial charge in [0.25, 0.3) is 10.0 Å². The number of pyridine rings is 3. The second-order valence-corrected chi connectivity index (χ2v) is 9.31. The highest BCUT2D eigenvalue weighted by Crippen LogP contribution is 2.31. The van der Waals surface area contributed by atoms with E-state index in [2.05, 4.69) is 25.7 Å². The third-order valence-corrected chi connectivity index (χ3v) is 6.98. The van der Waals surface area contributed by atoms with Crippen molar-refractivity contribution in [3.63, 3.8) is 0 Å². The first kappa shape index (κ1) is 20.8. The first-order valence-corrected chi connectivity index (χ1v) is 11.8. The Labute approximate surface area is 192 Å². The van der Waals surface area contributed by atoms with Crippen molar-refractivity contribution in [2.75, 3.05) is 4.72 Å². The summed E-state index contributed by atoms with van der Waals surface area (Å²) in [7, 11) is -3.73. The Bertz CT molecular complexity index is 1570. The summed E-state index contributed by atoms with van der Waals surface area (Å²) in [5, 5.41) is 0.993. The first-order chi connectivity index (χ1) is 16.0. The molecule has 2 aromatic carbocycles. The van der Waals surface area contributed by atoms with Gasteiger partial charge < -0.3 is 0 Å². The number of nitrogens with zero attached hydrogens (tertiary/aromatic N) is 3. The quantitative estimate of drug-likeness (QED) is 0.382. The van der Waals surface area contributed by atoms with Crippen molar-refractivity contribution in [3.8, 4) is 22.3 Å². The number of sulfonamides is 1. The number of hydrogen-bond donors (Lipinski definition) is 1. The molecule has 1 N–H and O–H groups in total. The van der Waals surface area contributed by atoms with Gasteiger partial charge in [0.1, 0.15) is 0 Å². The lowest BCUT2D eigenvalue weighted by Gasteiger charge is -2.12. The highest BCUT2D eigenvalue weighted by Gasteiger charge is 2.17. The molecule has 0 aliphatic heterocycles. The van der Waals surface area contributed by atoms with Crippen molar-refractivity contribution in [1.82, 2.24) is 15.0 Å². The molecule has 0 spiro atoms. The van der Waals surface area contributed by atoms with Gasteiger partial charge in [-0.25, -0.2) is 8.42 Å². The van der Waals surface area contributed by atoms with Gasteiger partial charge >= 0.3 is 0 Å². The molecule has 3 heterocycles. The van der Waals surface area contributed by atoms with E-state index in [9.17, 15) is 8.42 Å².